The van der Waals surface area contributed by atoms with Crippen LogP contribution in [-0.2, 0) is 16.4 Å². The summed E-state index contributed by atoms with van der Waals surface area (Å²) in [6.45, 7) is 1.59. The molecule has 0 radical (unpaired) electrons. The summed E-state index contributed by atoms with van der Waals surface area (Å²) in [5.74, 6) is 0.243. The summed E-state index contributed by atoms with van der Waals surface area (Å²) in [7, 11) is -3.70. The van der Waals surface area contributed by atoms with E-state index in [2.05, 4.69) is 5.10 Å². The number of rotatable bonds is 6. The molecular formula is C17H22N4O5S. The SMILES string of the molecule is CS(=O)(=O)c1cccc(N2CCC(c3ccnn3CCO)CC2)c1[N+](=O)[O-]. The Labute approximate surface area is 157 Å². The first-order valence-corrected chi connectivity index (χ1v) is 10.6. The maximum Gasteiger partial charge on any atom is 0.311 e. The van der Waals surface area contributed by atoms with Gasteiger partial charge < -0.3 is 10.0 Å². The third-order valence-corrected chi connectivity index (χ3v) is 6.00. The maximum atomic E-state index is 11.9. The molecule has 1 fully saturated rings. The number of piperidine rings is 1. The molecule has 1 aromatic carbocycles. The number of aromatic nitrogens is 2. The number of anilines is 1. The van der Waals surface area contributed by atoms with Crippen LogP contribution in [0.25, 0.3) is 0 Å². The molecular weight excluding hydrogens is 372 g/mol. The Kier molecular flexibility index (Phi) is 5.47. The van der Waals surface area contributed by atoms with E-state index in [4.69, 9.17) is 5.11 Å². The lowest BCUT2D eigenvalue weighted by atomic mass is 9.93. The Morgan fingerprint density at radius 1 is 1.30 bits per heavy atom. The molecule has 0 spiro atoms. The molecule has 0 aliphatic carbocycles. The van der Waals surface area contributed by atoms with E-state index >= 15 is 0 Å². The number of para-hydroxylation sites is 1. The maximum absolute atomic E-state index is 11.9. The molecule has 2 aromatic rings. The minimum Gasteiger partial charge on any atom is -0.394 e. The number of hydrogen-bond donors (Lipinski definition) is 1. The van der Waals surface area contributed by atoms with Crippen molar-refractivity contribution in [1.82, 2.24) is 9.78 Å². The molecule has 1 aliphatic rings. The van der Waals surface area contributed by atoms with Gasteiger partial charge in [0.2, 0.25) is 0 Å². The largest absolute Gasteiger partial charge is 0.394 e. The molecule has 146 valence electrons. The molecule has 0 amide bonds. The van der Waals surface area contributed by atoms with Crippen molar-refractivity contribution in [3.8, 4) is 0 Å². The highest BCUT2D eigenvalue weighted by Gasteiger charge is 2.31. The van der Waals surface area contributed by atoms with Gasteiger partial charge in [-0.05, 0) is 31.0 Å². The fourth-order valence-corrected chi connectivity index (χ4v) is 4.49. The van der Waals surface area contributed by atoms with E-state index in [1.807, 2.05) is 11.0 Å². The van der Waals surface area contributed by atoms with E-state index in [1.165, 1.54) is 6.07 Å². The van der Waals surface area contributed by atoms with Crippen molar-refractivity contribution in [2.24, 2.45) is 0 Å². The summed E-state index contributed by atoms with van der Waals surface area (Å²) >= 11 is 0. The van der Waals surface area contributed by atoms with Gasteiger partial charge >= 0.3 is 5.69 Å². The zero-order valence-corrected chi connectivity index (χ0v) is 15.8. The van der Waals surface area contributed by atoms with Crippen LogP contribution in [0.4, 0.5) is 11.4 Å². The molecule has 10 heteroatoms. The molecule has 1 saturated heterocycles. The number of benzene rings is 1. The van der Waals surface area contributed by atoms with Gasteiger partial charge in [-0.1, -0.05) is 6.07 Å². The van der Waals surface area contributed by atoms with E-state index in [0.717, 1.165) is 24.8 Å². The van der Waals surface area contributed by atoms with E-state index < -0.39 is 14.8 Å². The van der Waals surface area contributed by atoms with E-state index in [0.29, 0.717) is 25.3 Å². The number of sulfone groups is 1. The molecule has 3 rings (SSSR count). The van der Waals surface area contributed by atoms with Gasteiger partial charge in [-0.2, -0.15) is 5.10 Å². The molecule has 9 nitrogen and oxygen atoms in total. The monoisotopic (exact) mass is 394 g/mol. The highest BCUT2D eigenvalue weighted by molar-refractivity contribution is 7.90. The van der Waals surface area contributed by atoms with Crippen LogP contribution in [-0.4, -0.2) is 54.2 Å². The van der Waals surface area contributed by atoms with Crippen molar-refractivity contribution in [3.05, 3.63) is 46.3 Å². The molecule has 0 bridgehead atoms. The van der Waals surface area contributed by atoms with Crippen molar-refractivity contribution < 1.29 is 18.4 Å². The zero-order valence-electron chi connectivity index (χ0n) is 15.0. The molecule has 27 heavy (non-hydrogen) atoms. The van der Waals surface area contributed by atoms with Gasteiger partial charge in [0, 0.05) is 37.2 Å². The Bertz CT molecular complexity index is 933. The van der Waals surface area contributed by atoms with Crippen molar-refractivity contribution in [1.29, 1.82) is 0 Å². The van der Waals surface area contributed by atoms with Crippen molar-refractivity contribution in [3.63, 3.8) is 0 Å². The minimum atomic E-state index is -3.70. The number of nitro groups is 1. The Morgan fingerprint density at radius 2 is 2.00 bits per heavy atom. The van der Waals surface area contributed by atoms with Gasteiger partial charge in [-0.3, -0.25) is 14.8 Å². The number of aliphatic hydroxyl groups is 1. The first kappa shape index (κ1) is 19.3. The van der Waals surface area contributed by atoms with Gasteiger partial charge in [0.1, 0.15) is 10.6 Å². The summed E-state index contributed by atoms with van der Waals surface area (Å²) in [6.07, 6.45) is 4.21. The van der Waals surface area contributed by atoms with Crippen LogP contribution in [0, 0.1) is 10.1 Å². The molecule has 1 aliphatic heterocycles. The van der Waals surface area contributed by atoms with Gasteiger partial charge in [0.15, 0.2) is 9.84 Å². The summed E-state index contributed by atoms with van der Waals surface area (Å²) in [4.78, 5) is 12.6. The second-order valence-corrected chi connectivity index (χ2v) is 8.60. The lowest BCUT2D eigenvalue weighted by Gasteiger charge is -2.33. The molecule has 2 heterocycles. The smallest absolute Gasteiger partial charge is 0.311 e. The fraction of sp³-hybridized carbons (Fsp3) is 0.471. The molecule has 0 saturated carbocycles. The van der Waals surface area contributed by atoms with E-state index in [-0.39, 0.29) is 23.1 Å². The van der Waals surface area contributed by atoms with E-state index in [1.54, 1.807) is 23.0 Å². The average molecular weight is 394 g/mol. The molecule has 0 unspecified atom stereocenters. The van der Waals surface area contributed by atoms with Crippen molar-refractivity contribution in [2.75, 3.05) is 30.9 Å². The van der Waals surface area contributed by atoms with Gasteiger partial charge in [-0.15, -0.1) is 0 Å². The Morgan fingerprint density at radius 3 is 2.59 bits per heavy atom. The fourth-order valence-electron chi connectivity index (χ4n) is 3.64. The second kappa shape index (κ2) is 7.65. The molecule has 1 aromatic heterocycles. The van der Waals surface area contributed by atoms with Crippen molar-refractivity contribution >= 4 is 21.2 Å². The molecule has 1 N–H and O–H groups in total. The summed E-state index contributed by atoms with van der Waals surface area (Å²) in [5.41, 5.74) is 1.03. The van der Waals surface area contributed by atoms with E-state index in [9.17, 15) is 18.5 Å². The summed E-state index contributed by atoms with van der Waals surface area (Å²) in [5, 5.41) is 24.9. The van der Waals surface area contributed by atoms with Crippen LogP contribution < -0.4 is 4.90 Å². The number of nitro benzene ring substituents is 1. The lowest BCUT2D eigenvalue weighted by molar-refractivity contribution is -0.387. The zero-order chi connectivity index (χ0) is 19.6. The predicted molar refractivity (Wildman–Crippen MR) is 99.7 cm³/mol. The highest BCUT2D eigenvalue weighted by Crippen LogP contribution is 2.38. The normalized spacial score (nSPS) is 15.9. The first-order chi connectivity index (χ1) is 12.8. The Balaban J connectivity index is 1.84. The summed E-state index contributed by atoms with van der Waals surface area (Å²) in [6, 6.07) is 6.35. The van der Waals surface area contributed by atoms with Crippen molar-refractivity contribution in [2.45, 2.75) is 30.2 Å². The standard InChI is InChI=1S/C17H22N4O5S/c1-27(25,26)16-4-2-3-15(17(16)21(23)24)19-9-6-13(7-10-19)14-5-8-18-20(14)11-12-22/h2-5,8,13,22H,6-7,9-12H2,1H3. The van der Waals surface area contributed by atoms with Gasteiger partial charge in [0.05, 0.1) is 18.1 Å². The third kappa shape index (κ3) is 3.96. The van der Waals surface area contributed by atoms with Crippen LogP contribution in [0.15, 0.2) is 35.4 Å². The number of nitrogens with zero attached hydrogens (tertiary/aromatic N) is 4. The molecule has 0 atom stereocenters. The number of hydrogen-bond acceptors (Lipinski definition) is 7. The van der Waals surface area contributed by atoms with Crippen LogP contribution >= 0.6 is 0 Å². The average Bonchev–Trinajstić information content (AvgIpc) is 3.09. The topological polar surface area (TPSA) is 119 Å². The van der Waals surface area contributed by atoms with Gasteiger partial charge in [0.25, 0.3) is 0 Å². The van der Waals surface area contributed by atoms with Gasteiger partial charge in [-0.25, -0.2) is 8.42 Å². The minimum absolute atomic E-state index is 0.0119. The van der Waals surface area contributed by atoms with Crippen LogP contribution in [0.5, 0.6) is 0 Å². The summed E-state index contributed by atoms with van der Waals surface area (Å²) < 4.78 is 25.7. The van der Waals surface area contributed by atoms with Crippen LogP contribution in [0.3, 0.4) is 0 Å². The third-order valence-electron chi connectivity index (χ3n) is 4.87. The highest BCUT2D eigenvalue weighted by atomic mass is 32.2. The first-order valence-electron chi connectivity index (χ1n) is 8.68. The second-order valence-electron chi connectivity index (χ2n) is 6.62. The Hall–Kier alpha value is -2.46. The lowest BCUT2D eigenvalue weighted by Crippen LogP contribution is -2.34. The quantitative estimate of drug-likeness (QED) is 0.583. The van der Waals surface area contributed by atoms with Crippen LogP contribution in [0.2, 0.25) is 0 Å². The number of aliphatic hydroxyl groups excluding tert-OH is 1. The van der Waals surface area contributed by atoms with Crippen LogP contribution in [0.1, 0.15) is 24.5 Å². The predicted octanol–water partition coefficient (Wildman–Crippen LogP) is 1.57.